The number of hydrogen-bond donors (Lipinski definition) is 1. The minimum absolute atomic E-state index is 0.570. The summed E-state index contributed by atoms with van der Waals surface area (Å²) < 4.78 is 11.8. The molecule has 0 aliphatic carbocycles. The quantitative estimate of drug-likeness (QED) is 0.284. The molecule has 0 spiro atoms. The molecule has 1 fully saturated rings. The van der Waals surface area contributed by atoms with Crippen LogP contribution in [0.25, 0.3) is 0 Å². The molecule has 0 bridgehead atoms. The van der Waals surface area contributed by atoms with Crippen LogP contribution in [0.3, 0.4) is 0 Å². The summed E-state index contributed by atoms with van der Waals surface area (Å²) in [4.78, 5) is 7.24. The molecule has 5 nitrogen and oxygen atoms in total. The summed E-state index contributed by atoms with van der Waals surface area (Å²) in [5, 5.41) is 3.46. The summed E-state index contributed by atoms with van der Waals surface area (Å²) in [6.07, 6.45) is 4.24. The van der Waals surface area contributed by atoms with Crippen LogP contribution in [-0.2, 0) is 22.5 Å². The molecule has 0 saturated carbocycles. The van der Waals surface area contributed by atoms with E-state index in [1.54, 1.807) is 0 Å². The zero-order chi connectivity index (χ0) is 22.3. The molecule has 1 aliphatic rings. The van der Waals surface area contributed by atoms with Crippen LogP contribution < -0.4 is 5.32 Å². The molecule has 1 heterocycles. The Morgan fingerprint density at radius 1 is 0.969 bits per heavy atom. The topological polar surface area (TPSA) is 46.1 Å². The second-order valence-electron chi connectivity index (χ2n) is 8.39. The van der Waals surface area contributed by atoms with E-state index in [9.17, 15) is 0 Å². The fourth-order valence-corrected chi connectivity index (χ4v) is 3.94. The lowest BCUT2D eigenvalue weighted by Gasteiger charge is -2.21. The van der Waals surface area contributed by atoms with Crippen LogP contribution in [0, 0.1) is 5.92 Å². The van der Waals surface area contributed by atoms with Crippen LogP contribution in [0.1, 0.15) is 37.3 Å². The van der Waals surface area contributed by atoms with Gasteiger partial charge in [0.25, 0.3) is 0 Å². The van der Waals surface area contributed by atoms with Crippen molar-refractivity contribution in [3.8, 4) is 0 Å². The highest BCUT2D eigenvalue weighted by Gasteiger charge is 2.24. The van der Waals surface area contributed by atoms with Gasteiger partial charge in [0.1, 0.15) is 0 Å². The van der Waals surface area contributed by atoms with Crippen molar-refractivity contribution < 1.29 is 9.47 Å². The van der Waals surface area contributed by atoms with E-state index in [0.29, 0.717) is 12.5 Å². The average Bonchev–Trinajstić information content (AvgIpc) is 3.30. The number of nitrogens with zero attached hydrogens (tertiary/aromatic N) is 2. The predicted octanol–water partition coefficient (Wildman–Crippen LogP) is 4.53. The summed E-state index contributed by atoms with van der Waals surface area (Å²) in [6, 6.07) is 20.9. The van der Waals surface area contributed by atoms with Gasteiger partial charge in [-0.15, -0.1) is 0 Å². The molecule has 0 aromatic heterocycles. The van der Waals surface area contributed by atoms with Crippen molar-refractivity contribution in [2.45, 2.75) is 39.2 Å². The van der Waals surface area contributed by atoms with E-state index in [-0.39, 0.29) is 0 Å². The molecule has 2 aromatic carbocycles. The minimum Gasteiger partial charge on any atom is -0.381 e. The average molecular weight is 438 g/mol. The number of ether oxygens (including phenoxy) is 2. The lowest BCUT2D eigenvalue weighted by Crippen LogP contribution is -2.40. The fraction of sp³-hybridized carbons (Fsp3) is 0.519. The van der Waals surface area contributed by atoms with E-state index < -0.39 is 0 Å². The first-order valence-corrected chi connectivity index (χ1v) is 12.1. The highest BCUT2D eigenvalue weighted by Crippen LogP contribution is 2.17. The molecular weight excluding hydrogens is 398 g/mol. The number of aliphatic imine (C=N–C) groups is 1. The van der Waals surface area contributed by atoms with Crippen molar-refractivity contribution in [1.82, 2.24) is 10.2 Å². The number of rotatable bonds is 13. The summed E-state index contributed by atoms with van der Waals surface area (Å²) in [7, 11) is 0. The van der Waals surface area contributed by atoms with Gasteiger partial charge in [-0.05, 0) is 43.7 Å². The maximum Gasteiger partial charge on any atom is 0.193 e. The number of nitrogens with one attached hydrogen (secondary N) is 1. The predicted molar refractivity (Wildman–Crippen MR) is 132 cm³/mol. The van der Waals surface area contributed by atoms with Gasteiger partial charge >= 0.3 is 0 Å². The van der Waals surface area contributed by atoms with Gasteiger partial charge in [-0.1, -0.05) is 60.7 Å². The van der Waals surface area contributed by atoms with Gasteiger partial charge in [-0.2, -0.15) is 0 Å². The Morgan fingerprint density at radius 2 is 1.72 bits per heavy atom. The molecule has 5 heteroatoms. The van der Waals surface area contributed by atoms with Crippen molar-refractivity contribution in [2.75, 3.05) is 46.0 Å². The second-order valence-corrected chi connectivity index (χ2v) is 8.39. The molecule has 3 rings (SSSR count). The van der Waals surface area contributed by atoms with E-state index >= 15 is 0 Å². The normalized spacial score (nSPS) is 16.5. The SMILES string of the molecule is CCNC(=NCCCCOCCc1ccccc1)N1CCC(COCc2ccccc2)C1. The van der Waals surface area contributed by atoms with Crippen LogP contribution in [0.15, 0.2) is 65.7 Å². The molecule has 0 radical (unpaired) electrons. The van der Waals surface area contributed by atoms with Crippen molar-refractivity contribution in [3.05, 3.63) is 71.8 Å². The Kier molecular flexibility index (Phi) is 11.1. The van der Waals surface area contributed by atoms with Gasteiger partial charge in [0.15, 0.2) is 5.96 Å². The van der Waals surface area contributed by atoms with Gasteiger partial charge < -0.3 is 19.7 Å². The molecule has 174 valence electrons. The third-order valence-electron chi connectivity index (χ3n) is 5.72. The lowest BCUT2D eigenvalue weighted by molar-refractivity contribution is 0.0906. The summed E-state index contributed by atoms with van der Waals surface area (Å²) >= 11 is 0. The maximum absolute atomic E-state index is 5.96. The Balaban J connectivity index is 1.28. The summed E-state index contributed by atoms with van der Waals surface area (Å²) in [6.45, 7) is 9.04. The molecule has 1 unspecified atom stereocenters. The third-order valence-corrected chi connectivity index (χ3v) is 5.72. The van der Waals surface area contributed by atoms with Gasteiger partial charge in [-0.3, -0.25) is 4.99 Å². The first-order valence-electron chi connectivity index (χ1n) is 12.1. The smallest absolute Gasteiger partial charge is 0.193 e. The molecule has 1 aliphatic heterocycles. The maximum atomic E-state index is 5.96. The molecule has 1 N–H and O–H groups in total. The zero-order valence-electron chi connectivity index (χ0n) is 19.5. The van der Waals surface area contributed by atoms with Crippen LogP contribution in [0.4, 0.5) is 0 Å². The van der Waals surface area contributed by atoms with Gasteiger partial charge in [0, 0.05) is 38.7 Å². The number of guanidine groups is 1. The molecule has 32 heavy (non-hydrogen) atoms. The number of hydrogen-bond acceptors (Lipinski definition) is 3. The minimum atomic E-state index is 0.570. The van der Waals surface area contributed by atoms with Crippen LogP contribution in [0.2, 0.25) is 0 Å². The first kappa shape index (κ1) is 24.3. The van der Waals surface area contributed by atoms with E-state index in [0.717, 1.165) is 77.6 Å². The highest BCUT2D eigenvalue weighted by molar-refractivity contribution is 5.80. The van der Waals surface area contributed by atoms with Gasteiger partial charge in [0.2, 0.25) is 0 Å². The lowest BCUT2D eigenvalue weighted by atomic mass is 10.1. The summed E-state index contributed by atoms with van der Waals surface area (Å²) in [5.41, 5.74) is 2.57. The Hall–Kier alpha value is -2.37. The van der Waals surface area contributed by atoms with Crippen LogP contribution in [-0.4, -0.2) is 56.9 Å². The van der Waals surface area contributed by atoms with Crippen molar-refractivity contribution in [3.63, 3.8) is 0 Å². The van der Waals surface area contributed by atoms with Crippen LogP contribution >= 0.6 is 0 Å². The highest BCUT2D eigenvalue weighted by atomic mass is 16.5. The van der Waals surface area contributed by atoms with E-state index in [1.807, 2.05) is 6.07 Å². The number of benzene rings is 2. The van der Waals surface area contributed by atoms with E-state index in [4.69, 9.17) is 14.5 Å². The number of unbranched alkanes of at least 4 members (excludes halogenated alkanes) is 1. The van der Waals surface area contributed by atoms with E-state index in [2.05, 4.69) is 71.7 Å². The third kappa shape index (κ3) is 9.01. The molecule has 1 saturated heterocycles. The van der Waals surface area contributed by atoms with Crippen molar-refractivity contribution in [1.29, 1.82) is 0 Å². The van der Waals surface area contributed by atoms with Crippen molar-refractivity contribution >= 4 is 5.96 Å². The van der Waals surface area contributed by atoms with Gasteiger partial charge in [-0.25, -0.2) is 0 Å². The summed E-state index contributed by atoms with van der Waals surface area (Å²) in [5.74, 6) is 1.61. The molecule has 2 aromatic rings. The molecule has 1 atom stereocenters. The Morgan fingerprint density at radius 3 is 2.47 bits per heavy atom. The second kappa shape index (κ2) is 14.6. The molecule has 0 amide bonds. The Bertz CT molecular complexity index is 767. The van der Waals surface area contributed by atoms with Crippen LogP contribution in [0.5, 0.6) is 0 Å². The Labute approximate surface area is 193 Å². The van der Waals surface area contributed by atoms with Crippen molar-refractivity contribution in [2.24, 2.45) is 10.9 Å². The standard InChI is InChI=1S/C27H39N3O2/c1-2-28-27(29-17-9-10-19-31-20-16-24-11-5-3-6-12-24)30-18-15-26(21-30)23-32-22-25-13-7-4-8-14-25/h3-8,11-14,26H,2,9-10,15-23H2,1H3,(H,28,29). The van der Waals surface area contributed by atoms with E-state index in [1.165, 1.54) is 11.1 Å². The number of likely N-dealkylation sites (tertiary alicyclic amines) is 1. The fourth-order valence-electron chi connectivity index (χ4n) is 3.94. The van der Waals surface area contributed by atoms with Gasteiger partial charge in [0.05, 0.1) is 19.8 Å². The largest absolute Gasteiger partial charge is 0.381 e. The monoisotopic (exact) mass is 437 g/mol. The first-order chi connectivity index (χ1) is 15.8. The molecular formula is C27H39N3O2. The zero-order valence-corrected chi connectivity index (χ0v) is 19.5.